The van der Waals surface area contributed by atoms with Gasteiger partial charge in [-0.25, -0.2) is 8.42 Å². The molecule has 0 saturated carbocycles. The summed E-state index contributed by atoms with van der Waals surface area (Å²) in [5.41, 5.74) is 0.959. The Morgan fingerprint density at radius 1 is 1.15 bits per heavy atom. The zero-order chi connectivity index (χ0) is 18.7. The van der Waals surface area contributed by atoms with Crippen LogP contribution in [0.3, 0.4) is 0 Å². The molecule has 138 valence electrons. The van der Waals surface area contributed by atoms with Gasteiger partial charge in [0, 0.05) is 38.3 Å². The summed E-state index contributed by atoms with van der Waals surface area (Å²) in [4.78, 5) is 14.7. The lowest BCUT2D eigenvalue weighted by atomic mass is 10.1. The highest BCUT2D eigenvalue weighted by molar-refractivity contribution is 7.92. The highest BCUT2D eigenvalue weighted by Crippen LogP contribution is 2.23. The minimum Gasteiger partial charge on any atom is -0.333 e. The number of carbonyl (C=O) groups is 1. The first-order valence-corrected chi connectivity index (χ1v) is 10.0. The van der Waals surface area contributed by atoms with Crippen molar-refractivity contribution in [2.75, 3.05) is 31.0 Å². The Morgan fingerprint density at radius 2 is 1.88 bits per heavy atom. The normalized spacial score (nSPS) is 17.8. The second-order valence-corrected chi connectivity index (χ2v) is 8.36. The third-order valence-electron chi connectivity index (χ3n) is 4.62. The highest BCUT2D eigenvalue weighted by Gasteiger charge is 2.26. The van der Waals surface area contributed by atoms with E-state index in [1.54, 1.807) is 41.3 Å². The number of nitrogens with zero attached hydrogens (tertiary/aromatic N) is 2. The van der Waals surface area contributed by atoms with Crippen LogP contribution < -0.4 is 9.62 Å². The molecule has 0 aliphatic carbocycles. The van der Waals surface area contributed by atoms with Crippen LogP contribution in [0, 0.1) is 0 Å². The lowest BCUT2D eigenvalue weighted by molar-refractivity contribution is 0.0655. The minimum absolute atomic E-state index is 0.0727. The van der Waals surface area contributed by atoms with Crippen LogP contribution >= 0.6 is 0 Å². The van der Waals surface area contributed by atoms with Gasteiger partial charge in [0.25, 0.3) is 15.9 Å². The molecule has 0 unspecified atom stereocenters. The predicted molar refractivity (Wildman–Crippen MR) is 102 cm³/mol. The molecule has 0 spiro atoms. The number of para-hydroxylation sites is 1. The quantitative estimate of drug-likeness (QED) is 0.889. The second kappa shape index (κ2) is 7.47. The maximum atomic E-state index is 12.9. The van der Waals surface area contributed by atoms with Gasteiger partial charge in [-0.05, 0) is 37.3 Å². The largest absolute Gasteiger partial charge is 0.333 e. The Bertz CT molecular complexity index is 884. The Balaban J connectivity index is 1.90. The fourth-order valence-corrected chi connectivity index (χ4v) is 4.27. The van der Waals surface area contributed by atoms with Crippen LogP contribution in [0.1, 0.15) is 17.3 Å². The van der Waals surface area contributed by atoms with Gasteiger partial charge in [-0.1, -0.05) is 24.3 Å². The summed E-state index contributed by atoms with van der Waals surface area (Å²) in [6.45, 7) is 4.07. The highest BCUT2D eigenvalue weighted by atomic mass is 32.2. The molecule has 1 saturated heterocycles. The van der Waals surface area contributed by atoms with Gasteiger partial charge in [-0.3, -0.25) is 9.10 Å². The predicted octanol–water partition coefficient (Wildman–Crippen LogP) is 1.95. The number of hydrogen-bond acceptors (Lipinski definition) is 4. The molecule has 0 radical (unpaired) electrons. The summed E-state index contributed by atoms with van der Waals surface area (Å²) >= 11 is 0. The van der Waals surface area contributed by atoms with Crippen molar-refractivity contribution in [3.05, 3.63) is 60.2 Å². The molecule has 1 fully saturated rings. The topological polar surface area (TPSA) is 69.7 Å². The molecular formula is C19H23N3O3S. The van der Waals surface area contributed by atoms with Crippen molar-refractivity contribution in [3.8, 4) is 0 Å². The third-order valence-corrected chi connectivity index (χ3v) is 6.40. The number of anilines is 1. The fourth-order valence-electron chi connectivity index (χ4n) is 3.03. The first kappa shape index (κ1) is 18.4. The Kier molecular flexibility index (Phi) is 5.29. The maximum absolute atomic E-state index is 12.9. The smallest absolute Gasteiger partial charge is 0.264 e. The van der Waals surface area contributed by atoms with Gasteiger partial charge in [-0.2, -0.15) is 0 Å². The van der Waals surface area contributed by atoms with E-state index in [-0.39, 0.29) is 16.8 Å². The van der Waals surface area contributed by atoms with E-state index in [0.29, 0.717) is 17.8 Å². The van der Waals surface area contributed by atoms with E-state index < -0.39 is 10.0 Å². The average Bonchev–Trinajstić information content (AvgIpc) is 2.68. The molecule has 1 heterocycles. The van der Waals surface area contributed by atoms with Gasteiger partial charge in [0.1, 0.15) is 0 Å². The maximum Gasteiger partial charge on any atom is 0.264 e. The molecule has 1 aliphatic heterocycles. The van der Waals surface area contributed by atoms with Crippen molar-refractivity contribution in [1.82, 2.24) is 10.2 Å². The summed E-state index contributed by atoms with van der Waals surface area (Å²) in [7, 11) is -2.23. The molecule has 3 rings (SSSR count). The van der Waals surface area contributed by atoms with Crippen molar-refractivity contribution >= 4 is 21.6 Å². The van der Waals surface area contributed by atoms with Crippen molar-refractivity contribution in [2.24, 2.45) is 0 Å². The average molecular weight is 373 g/mol. The molecule has 6 nitrogen and oxygen atoms in total. The van der Waals surface area contributed by atoms with Crippen LogP contribution in [0.5, 0.6) is 0 Å². The molecule has 7 heteroatoms. The number of benzene rings is 2. The number of nitrogens with one attached hydrogen (secondary N) is 1. The molecule has 1 amide bonds. The van der Waals surface area contributed by atoms with Crippen molar-refractivity contribution < 1.29 is 13.2 Å². The monoisotopic (exact) mass is 373 g/mol. The summed E-state index contributed by atoms with van der Waals surface area (Å²) in [6.07, 6.45) is 0. The Morgan fingerprint density at radius 3 is 2.58 bits per heavy atom. The SMILES string of the molecule is C[C@H]1CNCCN1C(=O)c1cccc(S(=O)(=O)N(C)c2ccccc2)c1. The summed E-state index contributed by atoms with van der Waals surface area (Å²) in [6, 6.07) is 15.2. The van der Waals surface area contributed by atoms with Crippen LogP contribution in [0.4, 0.5) is 5.69 Å². The standard InChI is InChI=1S/C19H23N3O3S/c1-15-14-20-11-12-22(15)19(23)16-7-6-10-18(13-16)26(24,25)21(2)17-8-4-3-5-9-17/h3-10,13,15,20H,11-12,14H2,1-2H3/t15-/m0/s1. The molecule has 0 aromatic heterocycles. The molecule has 26 heavy (non-hydrogen) atoms. The van der Waals surface area contributed by atoms with Gasteiger partial charge in [0.2, 0.25) is 0 Å². The number of piperazine rings is 1. The van der Waals surface area contributed by atoms with E-state index >= 15 is 0 Å². The lowest BCUT2D eigenvalue weighted by Crippen LogP contribution is -2.52. The van der Waals surface area contributed by atoms with Crippen LogP contribution in [0.2, 0.25) is 0 Å². The van der Waals surface area contributed by atoms with Gasteiger partial charge < -0.3 is 10.2 Å². The number of amides is 1. The van der Waals surface area contributed by atoms with Gasteiger partial charge in [0.05, 0.1) is 10.6 Å². The van der Waals surface area contributed by atoms with Gasteiger partial charge >= 0.3 is 0 Å². The van der Waals surface area contributed by atoms with Crippen LogP contribution in [0.15, 0.2) is 59.5 Å². The molecule has 1 aliphatic rings. The van der Waals surface area contributed by atoms with E-state index in [2.05, 4.69) is 5.32 Å². The van der Waals surface area contributed by atoms with E-state index in [4.69, 9.17) is 0 Å². The number of hydrogen-bond donors (Lipinski definition) is 1. The Hall–Kier alpha value is -2.38. The van der Waals surface area contributed by atoms with Gasteiger partial charge in [-0.15, -0.1) is 0 Å². The summed E-state index contributed by atoms with van der Waals surface area (Å²) < 4.78 is 27.1. The molecule has 1 N–H and O–H groups in total. The molecular weight excluding hydrogens is 350 g/mol. The molecule has 2 aromatic rings. The second-order valence-electron chi connectivity index (χ2n) is 6.39. The van der Waals surface area contributed by atoms with Gasteiger partial charge in [0.15, 0.2) is 0 Å². The van der Waals surface area contributed by atoms with Crippen LogP contribution in [0.25, 0.3) is 0 Å². The third kappa shape index (κ3) is 3.59. The fraction of sp³-hybridized carbons (Fsp3) is 0.316. The van der Waals surface area contributed by atoms with Crippen molar-refractivity contribution in [3.63, 3.8) is 0 Å². The molecule has 2 aromatic carbocycles. The lowest BCUT2D eigenvalue weighted by Gasteiger charge is -2.34. The van der Waals surface area contributed by atoms with E-state index in [1.807, 2.05) is 13.0 Å². The first-order valence-electron chi connectivity index (χ1n) is 8.57. The van der Waals surface area contributed by atoms with E-state index in [9.17, 15) is 13.2 Å². The number of sulfonamides is 1. The van der Waals surface area contributed by atoms with E-state index in [1.165, 1.54) is 23.5 Å². The molecule has 0 bridgehead atoms. The summed E-state index contributed by atoms with van der Waals surface area (Å²) in [5, 5.41) is 3.24. The van der Waals surface area contributed by atoms with Crippen LogP contribution in [-0.2, 0) is 10.0 Å². The van der Waals surface area contributed by atoms with Crippen molar-refractivity contribution in [2.45, 2.75) is 17.9 Å². The van der Waals surface area contributed by atoms with E-state index in [0.717, 1.165) is 13.1 Å². The zero-order valence-corrected chi connectivity index (χ0v) is 15.7. The zero-order valence-electron chi connectivity index (χ0n) is 14.9. The number of rotatable bonds is 4. The molecule has 1 atom stereocenters. The van der Waals surface area contributed by atoms with Crippen molar-refractivity contribution in [1.29, 1.82) is 0 Å². The minimum atomic E-state index is -3.74. The van der Waals surface area contributed by atoms with Crippen LogP contribution in [-0.4, -0.2) is 51.9 Å². The first-order chi connectivity index (χ1) is 12.4. The summed E-state index contributed by atoms with van der Waals surface area (Å²) in [5.74, 6) is -0.140. The number of carbonyl (C=O) groups excluding carboxylic acids is 1. The Labute approximate surface area is 154 Å².